The number of nitrogens with zero attached hydrogens (tertiary/aromatic N) is 3. The first-order valence-electron chi connectivity index (χ1n) is 9.69. The number of amides is 1. The van der Waals surface area contributed by atoms with Gasteiger partial charge in [0.05, 0.1) is 6.54 Å². The maximum Gasteiger partial charge on any atom is 0.241 e. The van der Waals surface area contributed by atoms with E-state index in [9.17, 15) is 9.18 Å². The maximum atomic E-state index is 13.0. The van der Waals surface area contributed by atoms with Crippen molar-refractivity contribution in [2.45, 2.75) is 25.9 Å². The van der Waals surface area contributed by atoms with E-state index in [1.165, 1.54) is 17.7 Å². The second-order valence-electron chi connectivity index (χ2n) is 7.62. The molecule has 1 unspecified atom stereocenters. The van der Waals surface area contributed by atoms with Gasteiger partial charge in [0.1, 0.15) is 5.82 Å². The minimum Gasteiger partial charge on any atom is -0.308 e. The summed E-state index contributed by atoms with van der Waals surface area (Å²) in [6, 6.07) is 15.2. The SMILES string of the molecule is CC1Cc2ccccc2N1C(=O)CN1CCN(Cc2ccc(F)cc2)CC1. The van der Waals surface area contributed by atoms with Gasteiger partial charge >= 0.3 is 0 Å². The molecule has 0 N–H and O–H groups in total. The van der Waals surface area contributed by atoms with Crippen LogP contribution < -0.4 is 4.90 Å². The summed E-state index contributed by atoms with van der Waals surface area (Å²) in [5.41, 5.74) is 3.47. The first-order chi connectivity index (χ1) is 13.1. The van der Waals surface area contributed by atoms with E-state index in [4.69, 9.17) is 0 Å². The van der Waals surface area contributed by atoms with Crippen LogP contribution in [0.25, 0.3) is 0 Å². The zero-order chi connectivity index (χ0) is 18.8. The lowest BCUT2D eigenvalue weighted by atomic mass is 10.1. The fraction of sp³-hybridized carbons (Fsp3) is 0.409. The molecule has 27 heavy (non-hydrogen) atoms. The first kappa shape index (κ1) is 18.1. The highest BCUT2D eigenvalue weighted by molar-refractivity contribution is 5.97. The molecule has 0 aromatic heterocycles. The molecule has 2 aromatic carbocycles. The Balaban J connectivity index is 1.30. The average molecular weight is 367 g/mol. The molecule has 0 bridgehead atoms. The predicted molar refractivity (Wildman–Crippen MR) is 105 cm³/mol. The van der Waals surface area contributed by atoms with E-state index in [0.29, 0.717) is 6.54 Å². The largest absolute Gasteiger partial charge is 0.308 e. The van der Waals surface area contributed by atoms with Gasteiger partial charge in [-0.05, 0) is 42.7 Å². The number of carbonyl (C=O) groups excluding carboxylic acids is 1. The molecular weight excluding hydrogens is 341 g/mol. The topological polar surface area (TPSA) is 26.8 Å². The highest BCUT2D eigenvalue weighted by Crippen LogP contribution is 2.31. The van der Waals surface area contributed by atoms with E-state index in [1.807, 2.05) is 29.2 Å². The van der Waals surface area contributed by atoms with Gasteiger partial charge in [0.2, 0.25) is 5.91 Å². The Bertz CT molecular complexity index is 799. The molecule has 0 saturated carbocycles. The molecule has 2 heterocycles. The van der Waals surface area contributed by atoms with Crippen molar-refractivity contribution in [3.63, 3.8) is 0 Å². The van der Waals surface area contributed by atoms with Gasteiger partial charge in [0.25, 0.3) is 0 Å². The molecule has 2 aromatic rings. The van der Waals surface area contributed by atoms with Gasteiger partial charge in [-0.15, -0.1) is 0 Å². The normalized spacial score (nSPS) is 20.7. The summed E-state index contributed by atoms with van der Waals surface area (Å²) in [7, 11) is 0. The number of halogens is 1. The van der Waals surface area contributed by atoms with Gasteiger partial charge in [-0.1, -0.05) is 30.3 Å². The second-order valence-corrected chi connectivity index (χ2v) is 7.62. The molecule has 142 valence electrons. The van der Waals surface area contributed by atoms with Crippen LogP contribution in [-0.4, -0.2) is 54.5 Å². The van der Waals surface area contributed by atoms with E-state index >= 15 is 0 Å². The molecule has 1 atom stereocenters. The van der Waals surface area contributed by atoms with Gasteiger partial charge in [-0.2, -0.15) is 0 Å². The van der Waals surface area contributed by atoms with Gasteiger partial charge in [0, 0.05) is 44.5 Å². The van der Waals surface area contributed by atoms with Crippen LogP contribution in [0, 0.1) is 5.82 Å². The lowest BCUT2D eigenvalue weighted by Gasteiger charge is -2.35. The summed E-state index contributed by atoms with van der Waals surface area (Å²) in [6.45, 7) is 7.06. The Kier molecular flexibility index (Phi) is 5.23. The van der Waals surface area contributed by atoms with Crippen molar-refractivity contribution in [2.24, 2.45) is 0 Å². The lowest BCUT2D eigenvalue weighted by molar-refractivity contribution is -0.120. The Hall–Kier alpha value is -2.24. The molecule has 2 aliphatic heterocycles. The number of hydrogen-bond acceptors (Lipinski definition) is 3. The zero-order valence-corrected chi connectivity index (χ0v) is 15.8. The zero-order valence-electron chi connectivity index (χ0n) is 15.8. The van der Waals surface area contributed by atoms with Crippen LogP contribution in [0.3, 0.4) is 0 Å². The highest BCUT2D eigenvalue weighted by Gasteiger charge is 2.31. The van der Waals surface area contributed by atoms with Crippen molar-refractivity contribution in [1.29, 1.82) is 0 Å². The second kappa shape index (κ2) is 7.79. The molecule has 2 aliphatic rings. The number of piperazine rings is 1. The van der Waals surface area contributed by atoms with Crippen LogP contribution in [0.2, 0.25) is 0 Å². The molecule has 0 aliphatic carbocycles. The molecule has 4 rings (SSSR count). The molecule has 0 radical (unpaired) electrons. The smallest absolute Gasteiger partial charge is 0.241 e. The van der Waals surface area contributed by atoms with Crippen molar-refractivity contribution in [2.75, 3.05) is 37.6 Å². The van der Waals surface area contributed by atoms with E-state index in [0.717, 1.165) is 50.4 Å². The van der Waals surface area contributed by atoms with Gasteiger partial charge in [-0.25, -0.2) is 4.39 Å². The molecule has 1 fully saturated rings. The molecule has 4 nitrogen and oxygen atoms in total. The third-order valence-electron chi connectivity index (χ3n) is 5.62. The number of hydrogen-bond donors (Lipinski definition) is 0. The number of carbonyl (C=O) groups is 1. The Morgan fingerprint density at radius 1 is 1.00 bits per heavy atom. The maximum absolute atomic E-state index is 13.0. The highest BCUT2D eigenvalue weighted by atomic mass is 19.1. The molecule has 1 amide bonds. The first-order valence-corrected chi connectivity index (χ1v) is 9.69. The fourth-order valence-electron chi connectivity index (χ4n) is 4.17. The lowest BCUT2D eigenvalue weighted by Crippen LogP contribution is -2.50. The Morgan fingerprint density at radius 2 is 1.67 bits per heavy atom. The molecule has 1 saturated heterocycles. The van der Waals surface area contributed by atoms with Gasteiger partial charge in [0.15, 0.2) is 0 Å². The van der Waals surface area contributed by atoms with E-state index in [2.05, 4.69) is 28.9 Å². The third kappa shape index (κ3) is 4.04. The number of benzene rings is 2. The summed E-state index contributed by atoms with van der Waals surface area (Å²) >= 11 is 0. The third-order valence-corrected chi connectivity index (χ3v) is 5.62. The van der Waals surface area contributed by atoms with Crippen molar-refractivity contribution in [3.8, 4) is 0 Å². The van der Waals surface area contributed by atoms with Crippen molar-refractivity contribution in [1.82, 2.24) is 9.80 Å². The summed E-state index contributed by atoms with van der Waals surface area (Å²) in [4.78, 5) is 19.5. The fourth-order valence-corrected chi connectivity index (χ4v) is 4.17. The Morgan fingerprint density at radius 3 is 2.41 bits per heavy atom. The quantitative estimate of drug-likeness (QED) is 0.831. The van der Waals surface area contributed by atoms with Crippen molar-refractivity contribution in [3.05, 3.63) is 65.5 Å². The number of fused-ring (bicyclic) bond motifs is 1. The van der Waals surface area contributed by atoms with Crippen LogP contribution in [0.1, 0.15) is 18.1 Å². The average Bonchev–Trinajstić information content (AvgIpc) is 3.01. The van der Waals surface area contributed by atoms with E-state index < -0.39 is 0 Å². The standard InChI is InChI=1S/C22H26FN3O/c1-17-14-19-4-2-3-5-21(19)26(17)22(27)16-25-12-10-24(11-13-25)15-18-6-8-20(23)9-7-18/h2-9,17H,10-16H2,1H3. The minimum atomic E-state index is -0.195. The van der Waals surface area contributed by atoms with E-state index in [1.54, 1.807) is 0 Å². The molecule has 5 heteroatoms. The summed E-state index contributed by atoms with van der Waals surface area (Å²) in [5.74, 6) is -0.000712. The number of rotatable bonds is 4. The predicted octanol–water partition coefficient (Wildman–Crippen LogP) is 2.92. The Labute approximate surface area is 160 Å². The molecular formula is C22H26FN3O. The van der Waals surface area contributed by atoms with Crippen LogP contribution in [-0.2, 0) is 17.8 Å². The van der Waals surface area contributed by atoms with Crippen molar-refractivity contribution < 1.29 is 9.18 Å². The van der Waals surface area contributed by atoms with Crippen LogP contribution in [0.5, 0.6) is 0 Å². The summed E-state index contributed by atoms with van der Waals surface area (Å²) in [5, 5.41) is 0. The van der Waals surface area contributed by atoms with Crippen LogP contribution in [0.15, 0.2) is 48.5 Å². The van der Waals surface area contributed by atoms with Crippen LogP contribution >= 0.6 is 0 Å². The number of anilines is 1. The minimum absolute atomic E-state index is 0.194. The van der Waals surface area contributed by atoms with Gasteiger partial charge in [-0.3, -0.25) is 14.6 Å². The number of para-hydroxylation sites is 1. The monoisotopic (exact) mass is 367 g/mol. The van der Waals surface area contributed by atoms with Crippen molar-refractivity contribution >= 4 is 11.6 Å². The van der Waals surface area contributed by atoms with E-state index in [-0.39, 0.29) is 17.8 Å². The van der Waals surface area contributed by atoms with Gasteiger partial charge < -0.3 is 4.90 Å². The molecule has 0 spiro atoms. The summed E-state index contributed by atoms with van der Waals surface area (Å²) in [6.07, 6.45) is 0.938. The van der Waals surface area contributed by atoms with Crippen LogP contribution in [0.4, 0.5) is 10.1 Å². The summed E-state index contributed by atoms with van der Waals surface area (Å²) < 4.78 is 13.0.